The van der Waals surface area contributed by atoms with Crippen LogP contribution in [0.5, 0.6) is 0 Å². The van der Waals surface area contributed by atoms with Gasteiger partial charge in [0.05, 0.1) is 12.5 Å². The van der Waals surface area contributed by atoms with E-state index in [1.807, 2.05) is 0 Å². The van der Waals surface area contributed by atoms with Crippen molar-refractivity contribution in [3.8, 4) is 0 Å². The molecule has 1 aliphatic heterocycles. The fourth-order valence-corrected chi connectivity index (χ4v) is 4.51. The van der Waals surface area contributed by atoms with Gasteiger partial charge in [-0.1, -0.05) is 44.2 Å². The molecule has 7 heteroatoms. The van der Waals surface area contributed by atoms with E-state index in [0.29, 0.717) is 18.7 Å². The zero-order chi connectivity index (χ0) is 21.9. The van der Waals surface area contributed by atoms with E-state index in [2.05, 4.69) is 0 Å². The molecule has 1 aromatic carbocycles. The smallest absolute Gasteiger partial charge is 0.342 e. The molecular weight excluding hydrogens is 381 g/mol. The predicted octanol–water partition coefficient (Wildman–Crippen LogP) is 4.11. The average Bonchev–Trinajstić information content (AvgIpc) is 2.95. The number of benzene rings is 1. The quantitative estimate of drug-likeness (QED) is 0.677. The van der Waals surface area contributed by atoms with Crippen LogP contribution in [0.3, 0.4) is 0 Å². The van der Waals surface area contributed by atoms with Crippen LogP contribution in [0.15, 0.2) is 30.3 Å². The number of carbonyl (C=O) groups is 2. The number of hydrogen-bond acceptors (Lipinski definition) is 3. The monoisotopic (exact) mass is 412 g/mol. The number of Topliss-reactive ketones (excluding diaryl/α,β-unsaturated/α-hetero) is 1. The molecular formula is C22H31F3N2O2. The summed E-state index contributed by atoms with van der Waals surface area (Å²) in [4.78, 5) is 28.4. The highest BCUT2D eigenvalue weighted by Gasteiger charge is 2.61. The molecule has 0 aromatic heterocycles. The lowest BCUT2D eigenvalue weighted by atomic mass is 9.77. The number of nitrogens with zero attached hydrogens (tertiary/aromatic N) is 2. The molecule has 1 fully saturated rings. The minimum Gasteiger partial charge on any atom is -0.342 e. The Morgan fingerprint density at radius 1 is 1.10 bits per heavy atom. The van der Waals surface area contributed by atoms with E-state index < -0.39 is 41.8 Å². The molecule has 0 N–H and O–H groups in total. The van der Waals surface area contributed by atoms with Crippen LogP contribution in [0.1, 0.15) is 46.1 Å². The van der Waals surface area contributed by atoms with E-state index in [-0.39, 0.29) is 12.5 Å². The van der Waals surface area contributed by atoms with Crippen LogP contribution in [0, 0.1) is 11.8 Å². The first-order chi connectivity index (χ1) is 13.5. The first-order valence-corrected chi connectivity index (χ1v) is 10.2. The van der Waals surface area contributed by atoms with Crippen LogP contribution >= 0.6 is 0 Å². The summed E-state index contributed by atoms with van der Waals surface area (Å²) in [5.74, 6) is -3.15. The van der Waals surface area contributed by atoms with Crippen molar-refractivity contribution in [2.75, 3.05) is 19.6 Å². The van der Waals surface area contributed by atoms with E-state index in [0.717, 1.165) is 0 Å². The van der Waals surface area contributed by atoms with Crippen molar-refractivity contribution in [1.29, 1.82) is 0 Å². The van der Waals surface area contributed by atoms with Crippen LogP contribution in [0.4, 0.5) is 13.2 Å². The molecule has 0 aliphatic carbocycles. The highest BCUT2D eigenvalue weighted by atomic mass is 19.4. The Morgan fingerprint density at radius 3 is 2.10 bits per heavy atom. The van der Waals surface area contributed by atoms with Gasteiger partial charge in [0, 0.05) is 31.0 Å². The molecule has 1 heterocycles. The number of rotatable bonds is 7. The molecule has 0 spiro atoms. The van der Waals surface area contributed by atoms with Crippen molar-refractivity contribution in [3.63, 3.8) is 0 Å². The molecule has 0 bridgehead atoms. The summed E-state index contributed by atoms with van der Waals surface area (Å²) in [7, 11) is 0. The number of likely N-dealkylation sites (N-methyl/N-ethyl adjacent to an activating group) is 1. The molecule has 1 aromatic rings. The second-order valence-corrected chi connectivity index (χ2v) is 7.98. The fraction of sp³-hybridized carbons (Fsp3) is 0.636. The Kier molecular flexibility index (Phi) is 7.49. The zero-order valence-corrected chi connectivity index (χ0v) is 17.7. The van der Waals surface area contributed by atoms with Gasteiger partial charge >= 0.3 is 6.18 Å². The summed E-state index contributed by atoms with van der Waals surface area (Å²) in [6.07, 6.45) is -4.61. The number of hydrogen-bond donors (Lipinski definition) is 0. The third-order valence-corrected chi connectivity index (χ3v) is 5.98. The van der Waals surface area contributed by atoms with Gasteiger partial charge in [0.2, 0.25) is 5.91 Å². The van der Waals surface area contributed by atoms with E-state index >= 15 is 0 Å². The maximum atomic E-state index is 14.2. The standard InChI is InChI=1S/C22H31F3N2O2/c1-6-26(7-2)17(28)13-27-15(5)18(16-11-9-8-10-12-16)19(20(29)14(3)4)21(27)22(23,24)25/h8-12,14-15,18-19,21H,6-7,13H2,1-5H3. The second kappa shape index (κ2) is 9.28. The molecule has 0 saturated carbocycles. The molecule has 1 saturated heterocycles. The molecule has 2 rings (SSSR count). The van der Waals surface area contributed by atoms with Gasteiger partial charge in [0.15, 0.2) is 0 Å². The molecule has 162 valence electrons. The molecule has 29 heavy (non-hydrogen) atoms. The van der Waals surface area contributed by atoms with Crippen LogP contribution in [-0.2, 0) is 9.59 Å². The van der Waals surface area contributed by atoms with Crippen molar-refractivity contribution in [3.05, 3.63) is 35.9 Å². The Morgan fingerprint density at radius 2 is 1.66 bits per heavy atom. The van der Waals surface area contributed by atoms with E-state index in [9.17, 15) is 22.8 Å². The molecule has 1 aliphatic rings. The van der Waals surface area contributed by atoms with E-state index in [1.165, 1.54) is 9.80 Å². The minimum absolute atomic E-state index is 0.347. The van der Waals surface area contributed by atoms with Crippen LogP contribution in [-0.4, -0.2) is 59.4 Å². The van der Waals surface area contributed by atoms with Crippen molar-refractivity contribution in [2.24, 2.45) is 11.8 Å². The van der Waals surface area contributed by atoms with Gasteiger partial charge in [-0.15, -0.1) is 0 Å². The average molecular weight is 412 g/mol. The van der Waals surface area contributed by atoms with Gasteiger partial charge in [-0.2, -0.15) is 13.2 Å². The first-order valence-electron chi connectivity index (χ1n) is 10.2. The van der Waals surface area contributed by atoms with Gasteiger partial charge < -0.3 is 4.90 Å². The summed E-state index contributed by atoms with van der Waals surface area (Å²) in [6.45, 7) is 9.08. The van der Waals surface area contributed by atoms with E-state index in [4.69, 9.17) is 0 Å². The number of ketones is 1. The SMILES string of the molecule is CCN(CC)C(=O)CN1C(C)C(c2ccccc2)C(C(=O)C(C)C)C1C(F)(F)F. The molecule has 4 unspecified atom stereocenters. The van der Waals surface area contributed by atoms with Crippen molar-refractivity contribution in [2.45, 2.75) is 58.8 Å². The maximum Gasteiger partial charge on any atom is 0.404 e. The summed E-state index contributed by atoms with van der Waals surface area (Å²) in [6, 6.07) is 6.30. The highest BCUT2D eigenvalue weighted by molar-refractivity contribution is 5.86. The topological polar surface area (TPSA) is 40.6 Å². The molecule has 4 nitrogen and oxygen atoms in total. The second-order valence-electron chi connectivity index (χ2n) is 7.98. The number of alkyl halides is 3. The first kappa shape index (κ1) is 23.4. The third-order valence-electron chi connectivity index (χ3n) is 5.98. The van der Waals surface area contributed by atoms with Crippen LogP contribution in [0.25, 0.3) is 0 Å². The van der Waals surface area contributed by atoms with Gasteiger partial charge in [-0.25, -0.2) is 0 Å². The summed E-state index contributed by atoms with van der Waals surface area (Å²) < 4.78 is 42.7. The minimum atomic E-state index is -4.61. The third kappa shape index (κ3) is 4.82. The number of likely N-dealkylation sites (tertiary alicyclic amines) is 1. The van der Waals surface area contributed by atoms with Crippen molar-refractivity contribution >= 4 is 11.7 Å². The number of carbonyl (C=O) groups excluding carboxylic acids is 2. The predicted molar refractivity (Wildman–Crippen MR) is 106 cm³/mol. The van der Waals surface area contributed by atoms with Crippen LogP contribution < -0.4 is 0 Å². The number of amides is 1. The normalized spacial score (nSPS) is 25.4. The summed E-state index contributed by atoms with van der Waals surface area (Å²) >= 11 is 0. The lowest BCUT2D eigenvalue weighted by Crippen LogP contribution is -2.52. The Labute approximate surface area is 171 Å². The fourth-order valence-electron chi connectivity index (χ4n) is 4.51. The zero-order valence-electron chi connectivity index (χ0n) is 17.7. The Hall–Kier alpha value is -1.89. The van der Waals surface area contributed by atoms with Gasteiger partial charge in [0.1, 0.15) is 11.8 Å². The largest absolute Gasteiger partial charge is 0.404 e. The maximum absolute atomic E-state index is 14.2. The lowest BCUT2D eigenvalue weighted by molar-refractivity contribution is -0.191. The molecule has 1 amide bonds. The van der Waals surface area contributed by atoms with Gasteiger partial charge in [-0.3, -0.25) is 14.5 Å². The number of halogens is 3. The lowest BCUT2D eigenvalue weighted by Gasteiger charge is -2.32. The van der Waals surface area contributed by atoms with E-state index in [1.54, 1.807) is 65.0 Å². The van der Waals surface area contributed by atoms with Crippen molar-refractivity contribution in [1.82, 2.24) is 9.80 Å². The summed E-state index contributed by atoms with van der Waals surface area (Å²) in [5.41, 5.74) is 0.700. The summed E-state index contributed by atoms with van der Waals surface area (Å²) in [5, 5.41) is 0. The van der Waals surface area contributed by atoms with Crippen LogP contribution in [0.2, 0.25) is 0 Å². The molecule has 4 atom stereocenters. The highest BCUT2D eigenvalue weighted by Crippen LogP contribution is 2.49. The molecule has 0 radical (unpaired) electrons. The van der Waals surface area contributed by atoms with Gasteiger partial charge in [-0.05, 0) is 26.3 Å². The Balaban J connectivity index is 2.54. The van der Waals surface area contributed by atoms with Crippen molar-refractivity contribution < 1.29 is 22.8 Å². The Bertz CT molecular complexity index is 702. The van der Waals surface area contributed by atoms with Gasteiger partial charge in [0.25, 0.3) is 0 Å².